The molecule has 0 unspecified atom stereocenters. The van der Waals surface area contributed by atoms with E-state index in [4.69, 9.17) is 0 Å². The SMILES string of the molecule is CC(C)C(=O)C(=O)I. The van der Waals surface area contributed by atoms with Crippen molar-refractivity contribution < 1.29 is 9.59 Å². The molecule has 46 valence electrons. The molecule has 0 aliphatic carbocycles. The summed E-state index contributed by atoms with van der Waals surface area (Å²) in [7, 11) is 0. The Labute approximate surface area is 61.8 Å². The lowest BCUT2D eigenvalue weighted by Crippen LogP contribution is -2.13. The minimum Gasteiger partial charge on any atom is -0.290 e. The van der Waals surface area contributed by atoms with E-state index in [0.717, 1.165) is 0 Å². The maximum absolute atomic E-state index is 10.5. The van der Waals surface area contributed by atoms with E-state index in [-0.39, 0.29) is 15.5 Å². The minimum absolute atomic E-state index is 0.153. The third-order valence-corrected chi connectivity index (χ3v) is 1.25. The van der Waals surface area contributed by atoms with Crippen molar-refractivity contribution in [3.8, 4) is 0 Å². The van der Waals surface area contributed by atoms with Crippen LogP contribution in [0.2, 0.25) is 0 Å². The van der Waals surface area contributed by atoms with Gasteiger partial charge in [0.05, 0.1) is 0 Å². The molecule has 3 heteroatoms. The largest absolute Gasteiger partial charge is 0.290 e. The lowest BCUT2D eigenvalue weighted by atomic mass is 10.1. The van der Waals surface area contributed by atoms with Crippen LogP contribution >= 0.6 is 22.6 Å². The molecule has 8 heavy (non-hydrogen) atoms. The molecule has 0 aliphatic heterocycles. The van der Waals surface area contributed by atoms with Gasteiger partial charge in [0.25, 0.3) is 3.79 Å². The number of carbonyl (C=O) groups excluding carboxylic acids is 2. The zero-order valence-electron chi connectivity index (χ0n) is 4.77. The average molecular weight is 226 g/mol. The maximum Gasteiger partial charge on any atom is 0.258 e. The van der Waals surface area contributed by atoms with Crippen LogP contribution in [0, 0.1) is 5.92 Å². The molecule has 0 atom stereocenters. The van der Waals surface area contributed by atoms with Gasteiger partial charge in [0.2, 0.25) is 5.78 Å². The number of halogens is 1. The van der Waals surface area contributed by atoms with E-state index in [1.54, 1.807) is 13.8 Å². The van der Waals surface area contributed by atoms with Crippen molar-refractivity contribution in [3.05, 3.63) is 0 Å². The number of rotatable bonds is 2. The van der Waals surface area contributed by atoms with Gasteiger partial charge in [-0.3, -0.25) is 9.59 Å². The molecule has 0 aliphatic rings. The summed E-state index contributed by atoms with van der Waals surface area (Å²) in [6.45, 7) is 3.41. The maximum atomic E-state index is 10.5. The number of Topliss-reactive ketones (excluding diaryl/α,β-unsaturated/α-hetero) is 1. The molecule has 0 aromatic rings. The van der Waals surface area contributed by atoms with E-state index in [0.29, 0.717) is 0 Å². The summed E-state index contributed by atoms with van der Waals surface area (Å²) < 4.78 is -0.377. The Morgan fingerprint density at radius 3 is 1.75 bits per heavy atom. The standard InChI is InChI=1S/C5H7IO2/c1-3(2)4(7)5(6)8/h3H,1-2H3. The second-order valence-electron chi connectivity index (χ2n) is 1.79. The van der Waals surface area contributed by atoms with Crippen molar-refractivity contribution in [3.63, 3.8) is 0 Å². The molecule has 0 aromatic heterocycles. The molecule has 0 amide bonds. The van der Waals surface area contributed by atoms with Gasteiger partial charge in [-0.2, -0.15) is 0 Å². The summed E-state index contributed by atoms with van der Waals surface area (Å²) >= 11 is 1.50. The predicted octanol–water partition coefficient (Wildman–Crippen LogP) is 1.17. The molecule has 0 rings (SSSR count). The van der Waals surface area contributed by atoms with Gasteiger partial charge in [0.1, 0.15) is 0 Å². The third-order valence-electron chi connectivity index (χ3n) is 0.718. The van der Waals surface area contributed by atoms with Crippen LogP contribution in [0.15, 0.2) is 0 Å². The summed E-state index contributed by atoms with van der Waals surface area (Å²) in [4.78, 5) is 20.7. The average Bonchev–Trinajstić information content (AvgIpc) is 1.64. The van der Waals surface area contributed by atoms with Crippen molar-refractivity contribution in [1.82, 2.24) is 0 Å². The molecule has 0 saturated carbocycles. The van der Waals surface area contributed by atoms with Crippen molar-refractivity contribution in [2.24, 2.45) is 5.92 Å². The van der Waals surface area contributed by atoms with Crippen LogP contribution in [0.3, 0.4) is 0 Å². The fourth-order valence-electron chi connectivity index (χ4n) is 0.227. The number of hydrogen-bond donors (Lipinski definition) is 0. The van der Waals surface area contributed by atoms with E-state index in [1.807, 2.05) is 0 Å². The number of hydrogen-bond acceptors (Lipinski definition) is 2. The Balaban J connectivity index is 3.84. The van der Waals surface area contributed by atoms with Crippen LogP contribution < -0.4 is 0 Å². The van der Waals surface area contributed by atoms with E-state index in [1.165, 1.54) is 22.6 Å². The van der Waals surface area contributed by atoms with Crippen molar-refractivity contribution in [1.29, 1.82) is 0 Å². The highest BCUT2D eigenvalue weighted by Crippen LogP contribution is 1.98. The zero-order valence-corrected chi connectivity index (χ0v) is 6.93. The second kappa shape index (κ2) is 3.17. The molecule has 0 radical (unpaired) electrons. The van der Waals surface area contributed by atoms with Crippen molar-refractivity contribution in [2.75, 3.05) is 0 Å². The van der Waals surface area contributed by atoms with Crippen LogP contribution in [0.1, 0.15) is 13.8 Å². The Kier molecular flexibility index (Phi) is 3.19. The quantitative estimate of drug-likeness (QED) is 0.402. The number of carbonyl (C=O) groups is 2. The van der Waals surface area contributed by atoms with Gasteiger partial charge >= 0.3 is 0 Å². The molecule has 0 N–H and O–H groups in total. The van der Waals surface area contributed by atoms with Gasteiger partial charge in [0, 0.05) is 28.5 Å². The fourth-order valence-corrected chi connectivity index (χ4v) is 0.850. The first-order valence-corrected chi connectivity index (χ1v) is 3.37. The van der Waals surface area contributed by atoms with E-state index >= 15 is 0 Å². The molecule has 0 aromatic carbocycles. The summed E-state index contributed by atoms with van der Waals surface area (Å²) in [6.07, 6.45) is 0. The van der Waals surface area contributed by atoms with Gasteiger partial charge < -0.3 is 0 Å². The predicted molar refractivity (Wildman–Crippen MR) is 38.9 cm³/mol. The van der Waals surface area contributed by atoms with Crippen LogP contribution in [-0.4, -0.2) is 9.57 Å². The molecule has 0 heterocycles. The summed E-state index contributed by atoms with van der Waals surface area (Å²) in [5.74, 6) is -0.454. The van der Waals surface area contributed by atoms with Crippen molar-refractivity contribution >= 4 is 32.2 Å². The normalized spacial score (nSPS) is 9.50. The van der Waals surface area contributed by atoms with Gasteiger partial charge in [-0.1, -0.05) is 13.8 Å². The lowest BCUT2D eigenvalue weighted by Gasteiger charge is -1.94. The first kappa shape index (κ1) is 8.07. The minimum atomic E-state index is -0.377. The van der Waals surface area contributed by atoms with Gasteiger partial charge in [-0.15, -0.1) is 0 Å². The first-order chi connectivity index (χ1) is 3.55. The molecular formula is C5H7IO2. The second-order valence-corrected chi connectivity index (χ2v) is 2.77. The van der Waals surface area contributed by atoms with Crippen LogP contribution in [-0.2, 0) is 9.59 Å². The summed E-state index contributed by atoms with van der Waals surface area (Å²) in [6, 6.07) is 0. The van der Waals surface area contributed by atoms with E-state index < -0.39 is 0 Å². The highest BCUT2D eigenvalue weighted by atomic mass is 127. The zero-order chi connectivity index (χ0) is 6.73. The summed E-state index contributed by atoms with van der Waals surface area (Å²) in [5, 5.41) is 0. The third kappa shape index (κ3) is 2.40. The highest BCUT2D eigenvalue weighted by Gasteiger charge is 2.12. The van der Waals surface area contributed by atoms with E-state index in [9.17, 15) is 9.59 Å². The lowest BCUT2D eigenvalue weighted by molar-refractivity contribution is -0.132. The number of ketones is 1. The first-order valence-electron chi connectivity index (χ1n) is 2.29. The topological polar surface area (TPSA) is 34.1 Å². The summed E-state index contributed by atoms with van der Waals surface area (Å²) in [5.41, 5.74) is 0. The molecule has 0 bridgehead atoms. The molecule has 0 fully saturated rings. The smallest absolute Gasteiger partial charge is 0.258 e. The Morgan fingerprint density at radius 2 is 1.75 bits per heavy atom. The monoisotopic (exact) mass is 226 g/mol. The van der Waals surface area contributed by atoms with Crippen molar-refractivity contribution in [2.45, 2.75) is 13.8 Å². The molecule has 0 saturated heterocycles. The van der Waals surface area contributed by atoms with Gasteiger partial charge in [-0.05, 0) is 0 Å². The van der Waals surface area contributed by atoms with Gasteiger partial charge in [-0.25, -0.2) is 0 Å². The van der Waals surface area contributed by atoms with Crippen LogP contribution in [0.25, 0.3) is 0 Å². The Morgan fingerprint density at radius 1 is 1.38 bits per heavy atom. The molecule has 0 spiro atoms. The van der Waals surface area contributed by atoms with Gasteiger partial charge in [0.15, 0.2) is 0 Å². The van der Waals surface area contributed by atoms with Crippen LogP contribution in [0.5, 0.6) is 0 Å². The van der Waals surface area contributed by atoms with E-state index in [2.05, 4.69) is 0 Å². The fraction of sp³-hybridized carbons (Fsp3) is 0.600. The highest BCUT2D eigenvalue weighted by molar-refractivity contribution is 14.1. The molecular weight excluding hydrogens is 219 g/mol. The van der Waals surface area contributed by atoms with Crippen LogP contribution in [0.4, 0.5) is 0 Å². The Hall–Kier alpha value is 0.0700. The Bertz CT molecular complexity index is 118. The molecule has 2 nitrogen and oxygen atoms in total.